The van der Waals surface area contributed by atoms with Crippen molar-refractivity contribution in [2.24, 2.45) is 11.8 Å². The van der Waals surface area contributed by atoms with Crippen molar-refractivity contribution in [1.29, 1.82) is 5.26 Å². The summed E-state index contributed by atoms with van der Waals surface area (Å²) in [6.45, 7) is 0.480. The lowest BCUT2D eigenvalue weighted by Gasteiger charge is -2.27. The maximum Gasteiger partial charge on any atom is 0.227 e. The molecule has 0 heterocycles. The number of anilines is 1. The zero-order valence-corrected chi connectivity index (χ0v) is 16.5. The van der Waals surface area contributed by atoms with Crippen LogP contribution in [0.25, 0.3) is 0 Å². The summed E-state index contributed by atoms with van der Waals surface area (Å²) in [7, 11) is 1.62. The molecule has 0 bridgehead atoms. The van der Waals surface area contributed by atoms with Crippen molar-refractivity contribution in [3.63, 3.8) is 0 Å². The predicted molar refractivity (Wildman–Crippen MR) is 110 cm³/mol. The average molecular weight is 391 g/mol. The van der Waals surface area contributed by atoms with Crippen LogP contribution in [-0.2, 0) is 16.1 Å². The molecule has 0 radical (unpaired) electrons. The van der Waals surface area contributed by atoms with Gasteiger partial charge < -0.3 is 15.4 Å². The highest BCUT2D eigenvalue weighted by Crippen LogP contribution is 2.30. The van der Waals surface area contributed by atoms with Crippen molar-refractivity contribution in [2.45, 2.75) is 32.2 Å². The third-order valence-electron chi connectivity index (χ3n) is 5.40. The number of carbonyl (C=O) groups is 2. The van der Waals surface area contributed by atoms with E-state index < -0.39 is 0 Å². The minimum absolute atomic E-state index is 0.0366. The third kappa shape index (κ3) is 5.35. The molecule has 0 unspecified atom stereocenters. The molecular weight excluding hydrogens is 366 g/mol. The van der Waals surface area contributed by atoms with E-state index in [2.05, 4.69) is 16.7 Å². The molecule has 1 aliphatic carbocycles. The molecule has 2 aromatic carbocycles. The number of para-hydroxylation sites is 1. The standard InChI is InChI=1S/C23H25N3O3/c1-29-20-12-6-16(7-13-20)15-25-22(27)17-8-10-18(11-9-17)23(28)26-21-5-3-2-4-19(21)14-24/h2-7,12-13,17-18H,8-11,15H2,1H3,(H,25,27)(H,26,28). The van der Waals surface area contributed by atoms with E-state index in [4.69, 9.17) is 10.00 Å². The molecule has 0 aromatic heterocycles. The molecule has 0 saturated heterocycles. The second-order valence-corrected chi connectivity index (χ2v) is 7.26. The Hall–Kier alpha value is -3.33. The molecule has 1 saturated carbocycles. The molecule has 3 rings (SSSR count). The fourth-order valence-electron chi connectivity index (χ4n) is 3.62. The van der Waals surface area contributed by atoms with Crippen LogP contribution in [0.2, 0.25) is 0 Å². The van der Waals surface area contributed by atoms with Gasteiger partial charge in [0.2, 0.25) is 11.8 Å². The fourth-order valence-corrected chi connectivity index (χ4v) is 3.62. The molecular formula is C23H25N3O3. The molecule has 1 fully saturated rings. The van der Waals surface area contributed by atoms with Gasteiger partial charge in [-0.15, -0.1) is 0 Å². The largest absolute Gasteiger partial charge is 0.497 e. The Morgan fingerprint density at radius 1 is 1.00 bits per heavy atom. The van der Waals surface area contributed by atoms with E-state index in [1.165, 1.54) is 0 Å². The van der Waals surface area contributed by atoms with Crippen molar-refractivity contribution in [2.75, 3.05) is 12.4 Å². The highest BCUT2D eigenvalue weighted by molar-refractivity contribution is 5.94. The third-order valence-corrected chi connectivity index (χ3v) is 5.40. The normalized spacial score (nSPS) is 18.3. The van der Waals surface area contributed by atoms with Gasteiger partial charge >= 0.3 is 0 Å². The Bertz CT molecular complexity index is 894. The average Bonchev–Trinajstić information content (AvgIpc) is 2.78. The highest BCUT2D eigenvalue weighted by Gasteiger charge is 2.30. The number of nitriles is 1. The van der Waals surface area contributed by atoms with Gasteiger partial charge in [-0.1, -0.05) is 24.3 Å². The number of benzene rings is 2. The smallest absolute Gasteiger partial charge is 0.227 e. The number of methoxy groups -OCH3 is 1. The topological polar surface area (TPSA) is 91.2 Å². The van der Waals surface area contributed by atoms with Crippen LogP contribution < -0.4 is 15.4 Å². The van der Waals surface area contributed by atoms with Gasteiger partial charge in [0.1, 0.15) is 11.8 Å². The molecule has 150 valence electrons. The number of nitrogens with one attached hydrogen (secondary N) is 2. The number of nitrogens with zero attached hydrogens (tertiary/aromatic N) is 1. The van der Waals surface area contributed by atoms with Crippen LogP contribution in [0, 0.1) is 23.2 Å². The number of ether oxygens (including phenoxy) is 1. The quantitative estimate of drug-likeness (QED) is 0.787. The zero-order valence-electron chi connectivity index (χ0n) is 16.5. The van der Waals surface area contributed by atoms with Crippen LogP contribution in [0.4, 0.5) is 5.69 Å². The molecule has 2 amide bonds. The van der Waals surface area contributed by atoms with Gasteiger partial charge in [0.25, 0.3) is 0 Å². The molecule has 6 heteroatoms. The van der Waals surface area contributed by atoms with Gasteiger partial charge in [0.05, 0.1) is 18.4 Å². The van der Waals surface area contributed by atoms with Gasteiger partial charge in [-0.05, 0) is 55.5 Å². The highest BCUT2D eigenvalue weighted by atomic mass is 16.5. The lowest BCUT2D eigenvalue weighted by molar-refractivity contribution is -0.128. The van der Waals surface area contributed by atoms with E-state index in [0.29, 0.717) is 43.5 Å². The molecule has 6 nitrogen and oxygen atoms in total. The van der Waals surface area contributed by atoms with Gasteiger partial charge in [-0.25, -0.2) is 0 Å². The Morgan fingerprint density at radius 2 is 1.62 bits per heavy atom. The van der Waals surface area contributed by atoms with Crippen LogP contribution in [0.5, 0.6) is 5.75 Å². The summed E-state index contributed by atoms with van der Waals surface area (Å²) in [6, 6.07) is 16.7. The van der Waals surface area contributed by atoms with Crippen molar-refractivity contribution in [1.82, 2.24) is 5.32 Å². The van der Waals surface area contributed by atoms with E-state index in [1.807, 2.05) is 24.3 Å². The van der Waals surface area contributed by atoms with Gasteiger partial charge in [-0.3, -0.25) is 9.59 Å². The van der Waals surface area contributed by atoms with Crippen LogP contribution in [0.15, 0.2) is 48.5 Å². The van der Waals surface area contributed by atoms with E-state index >= 15 is 0 Å². The van der Waals surface area contributed by atoms with E-state index in [9.17, 15) is 9.59 Å². The first-order valence-electron chi connectivity index (χ1n) is 9.81. The molecule has 29 heavy (non-hydrogen) atoms. The van der Waals surface area contributed by atoms with E-state index in [0.717, 1.165) is 11.3 Å². The first kappa shape index (κ1) is 20.4. The van der Waals surface area contributed by atoms with Crippen LogP contribution >= 0.6 is 0 Å². The molecule has 2 aromatic rings. The van der Waals surface area contributed by atoms with Crippen molar-refractivity contribution in [3.8, 4) is 11.8 Å². The van der Waals surface area contributed by atoms with Gasteiger partial charge in [0.15, 0.2) is 0 Å². The first-order chi connectivity index (χ1) is 14.1. The lowest BCUT2D eigenvalue weighted by Crippen LogP contribution is -2.35. The summed E-state index contributed by atoms with van der Waals surface area (Å²) in [6.07, 6.45) is 2.71. The van der Waals surface area contributed by atoms with Crippen molar-refractivity contribution in [3.05, 3.63) is 59.7 Å². The number of rotatable bonds is 6. The molecule has 0 spiro atoms. The van der Waals surface area contributed by atoms with Crippen molar-refractivity contribution >= 4 is 17.5 Å². The first-order valence-corrected chi connectivity index (χ1v) is 9.81. The summed E-state index contributed by atoms with van der Waals surface area (Å²) in [4.78, 5) is 25.0. The SMILES string of the molecule is COc1ccc(CNC(=O)C2CCC(C(=O)Nc3ccccc3C#N)CC2)cc1. The number of hydrogen-bond donors (Lipinski definition) is 2. The summed E-state index contributed by atoms with van der Waals surface area (Å²) >= 11 is 0. The van der Waals surface area contributed by atoms with Gasteiger partial charge in [-0.2, -0.15) is 5.26 Å². The summed E-state index contributed by atoms with van der Waals surface area (Å²) in [5.41, 5.74) is 2.01. The Balaban J connectivity index is 1.46. The lowest BCUT2D eigenvalue weighted by atomic mass is 9.81. The van der Waals surface area contributed by atoms with Crippen LogP contribution in [0.1, 0.15) is 36.8 Å². The minimum Gasteiger partial charge on any atom is -0.497 e. The second kappa shape index (κ2) is 9.74. The summed E-state index contributed by atoms with van der Waals surface area (Å²) < 4.78 is 5.13. The predicted octanol–water partition coefficient (Wildman–Crippen LogP) is 3.63. The Morgan fingerprint density at radius 3 is 2.24 bits per heavy atom. The molecule has 1 aliphatic rings. The Kier molecular flexibility index (Phi) is 6.85. The van der Waals surface area contributed by atoms with Gasteiger partial charge in [0, 0.05) is 18.4 Å². The number of amides is 2. The maximum absolute atomic E-state index is 12.5. The molecule has 0 atom stereocenters. The zero-order chi connectivity index (χ0) is 20.6. The van der Waals surface area contributed by atoms with E-state index in [-0.39, 0.29) is 23.7 Å². The van der Waals surface area contributed by atoms with Crippen LogP contribution in [-0.4, -0.2) is 18.9 Å². The fraction of sp³-hybridized carbons (Fsp3) is 0.348. The number of carbonyl (C=O) groups excluding carboxylic acids is 2. The molecule has 0 aliphatic heterocycles. The van der Waals surface area contributed by atoms with Crippen molar-refractivity contribution < 1.29 is 14.3 Å². The number of hydrogen-bond acceptors (Lipinski definition) is 4. The Labute approximate surface area is 170 Å². The summed E-state index contributed by atoms with van der Waals surface area (Å²) in [5, 5.41) is 15.0. The van der Waals surface area contributed by atoms with E-state index in [1.54, 1.807) is 31.4 Å². The summed E-state index contributed by atoms with van der Waals surface area (Å²) in [5.74, 6) is 0.546. The monoisotopic (exact) mass is 391 g/mol. The molecule has 2 N–H and O–H groups in total. The van der Waals surface area contributed by atoms with Crippen LogP contribution in [0.3, 0.4) is 0 Å². The minimum atomic E-state index is -0.132. The second-order valence-electron chi connectivity index (χ2n) is 7.26. The maximum atomic E-state index is 12.5.